The lowest BCUT2D eigenvalue weighted by Gasteiger charge is -1.97. The molecule has 0 aromatic carbocycles. The minimum absolute atomic E-state index is 0.199. The summed E-state index contributed by atoms with van der Waals surface area (Å²) < 4.78 is 0. The van der Waals surface area contributed by atoms with E-state index < -0.39 is 0 Å². The predicted octanol–water partition coefficient (Wildman–Crippen LogP) is 5.54. The van der Waals surface area contributed by atoms with Crippen LogP contribution in [0.15, 0.2) is 47.9 Å². The molecule has 0 amide bonds. The standard InChI is InChI=1S/C20H30N2O5/c1-2-19(21(24)25)15-11-7-3-4-8-12-16-20(22(26)27)17-13-9-5-6-10-14-18-23/h3,7-8,12,15,17-18H,2,4-6,9-11,13-14,16H2,1H3/b7-3+,12-8+,19-15-,20-17-. The number of nitro groups is 2. The topological polar surface area (TPSA) is 103 Å². The number of unbranched alkanes of at least 4 members (excludes halogenated alkanes) is 5. The molecule has 0 aliphatic carbocycles. The minimum Gasteiger partial charge on any atom is -0.303 e. The Labute approximate surface area is 160 Å². The van der Waals surface area contributed by atoms with E-state index in [1.54, 1.807) is 25.2 Å². The summed E-state index contributed by atoms with van der Waals surface area (Å²) in [4.78, 5) is 31.2. The van der Waals surface area contributed by atoms with Crippen molar-refractivity contribution in [3.05, 3.63) is 68.1 Å². The highest BCUT2D eigenvalue weighted by molar-refractivity contribution is 5.48. The largest absolute Gasteiger partial charge is 0.303 e. The van der Waals surface area contributed by atoms with Gasteiger partial charge in [-0.2, -0.15) is 0 Å². The number of nitrogens with zero attached hydrogens (tertiary/aromatic N) is 2. The summed E-state index contributed by atoms with van der Waals surface area (Å²) in [6.07, 6.45) is 18.3. The van der Waals surface area contributed by atoms with Crippen molar-refractivity contribution in [2.45, 2.75) is 71.1 Å². The maximum absolute atomic E-state index is 11.0. The van der Waals surface area contributed by atoms with Crippen molar-refractivity contribution in [1.82, 2.24) is 0 Å². The van der Waals surface area contributed by atoms with E-state index in [1.165, 1.54) is 0 Å². The lowest BCUT2D eigenvalue weighted by atomic mass is 10.1. The Balaban J connectivity index is 4.14. The van der Waals surface area contributed by atoms with Crippen molar-refractivity contribution in [1.29, 1.82) is 0 Å². The van der Waals surface area contributed by atoms with Gasteiger partial charge in [-0.15, -0.1) is 0 Å². The molecule has 0 unspecified atom stereocenters. The molecule has 0 saturated carbocycles. The monoisotopic (exact) mass is 378 g/mol. The quantitative estimate of drug-likeness (QED) is 0.115. The fourth-order valence-electron chi connectivity index (χ4n) is 2.35. The highest BCUT2D eigenvalue weighted by Crippen LogP contribution is 2.10. The first-order valence-electron chi connectivity index (χ1n) is 9.43. The molecule has 0 spiro atoms. The number of aldehydes is 1. The lowest BCUT2D eigenvalue weighted by molar-refractivity contribution is -0.427. The van der Waals surface area contributed by atoms with Gasteiger partial charge in [0.05, 0.1) is 16.3 Å². The summed E-state index contributed by atoms with van der Waals surface area (Å²) in [5.41, 5.74) is 0.407. The van der Waals surface area contributed by atoms with E-state index in [0.717, 1.165) is 32.0 Å². The third-order valence-corrected chi connectivity index (χ3v) is 3.91. The Morgan fingerprint density at radius 2 is 1.37 bits per heavy atom. The molecule has 0 N–H and O–H groups in total. The van der Waals surface area contributed by atoms with Crippen LogP contribution in [0.25, 0.3) is 0 Å². The smallest absolute Gasteiger partial charge is 0.246 e. The van der Waals surface area contributed by atoms with Gasteiger partial charge < -0.3 is 4.79 Å². The third kappa shape index (κ3) is 14.3. The molecule has 7 nitrogen and oxygen atoms in total. The highest BCUT2D eigenvalue weighted by Gasteiger charge is 2.07. The van der Waals surface area contributed by atoms with Gasteiger partial charge >= 0.3 is 0 Å². The molecular formula is C20H30N2O5. The summed E-state index contributed by atoms with van der Waals surface area (Å²) >= 11 is 0. The molecular weight excluding hydrogens is 348 g/mol. The van der Waals surface area contributed by atoms with Crippen molar-refractivity contribution in [2.75, 3.05) is 0 Å². The maximum atomic E-state index is 11.0. The van der Waals surface area contributed by atoms with Crippen LogP contribution in [-0.2, 0) is 4.79 Å². The zero-order valence-corrected chi connectivity index (χ0v) is 16.0. The van der Waals surface area contributed by atoms with Crippen LogP contribution in [-0.4, -0.2) is 16.1 Å². The van der Waals surface area contributed by atoms with E-state index in [2.05, 4.69) is 0 Å². The molecule has 0 aliphatic rings. The molecule has 27 heavy (non-hydrogen) atoms. The normalized spacial score (nSPS) is 12.8. The zero-order chi connectivity index (χ0) is 20.3. The molecule has 0 radical (unpaired) electrons. The second kappa shape index (κ2) is 16.9. The van der Waals surface area contributed by atoms with Crippen LogP contribution >= 0.6 is 0 Å². The van der Waals surface area contributed by atoms with Crippen molar-refractivity contribution in [3.8, 4) is 0 Å². The molecule has 0 aromatic heterocycles. The highest BCUT2D eigenvalue weighted by atomic mass is 16.6. The predicted molar refractivity (Wildman–Crippen MR) is 106 cm³/mol. The van der Waals surface area contributed by atoms with Crippen LogP contribution in [0.5, 0.6) is 0 Å². The Kier molecular flexibility index (Phi) is 15.3. The van der Waals surface area contributed by atoms with Gasteiger partial charge in [0.25, 0.3) is 0 Å². The van der Waals surface area contributed by atoms with E-state index in [4.69, 9.17) is 0 Å². The molecule has 0 saturated heterocycles. The van der Waals surface area contributed by atoms with E-state index in [1.807, 2.05) is 18.2 Å². The molecule has 0 fully saturated rings. The number of carbonyl (C=O) groups excluding carboxylic acids is 1. The van der Waals surface area contributed by atoms with Crippen molar-refractivity contribution in [3.63, 3.8) is 0 Å². The van der Waals surface area contributed by atoms with Crippen LogP contribution in [0.2, 0.25) is 0 Å². The van der Waals surface area contributed by atoms with E-state index in [-0.39, 0.29) is 27.7 Å². The van der Waals surface area contributed by atoms with Gasteiger partial charge in [0, 0.05) is 12.8 Å². The molecule has 0 aromatic rings. The number of allylic oxidation sites excluding steroid dienone is 7. The minimum atomic E-state index is -0.371. The van der Waals surface area contributed by atoms with Crippen LogP contribution in [0.3, 0.4) is 0 Å². The van der Waals surface area contributed by atoms with E-state index in [9.17, 15) is 25.0 Å². The summed E-state index contributed by atoms with van der Waals surface area (Å²) in [6, 6.07) is 0. The summed E-state index contributed by atoms with van der Waals surface area (Å²) in [7, 11) is 0. The summed E-state index contributed by atoms with van der Waals surface area (Å²) in [5, 5.41) is 21.7. The zero-order valence-electron chi connectivity index (χ0n) is 16.0. The second-order valence-corrected chi connectivity index (χ2v) is 6.04. The van der Waals surface area contributed by atoms with Gasteiger partial charge in [-0.3, -0.25) is 20.2 Å². The summed E-state index contributed by atoms with van der Waals surface area (Å²) in [5.74, 6) is 0. The number of carbonyl (C=O) groups is 1. The second-order valence-electron chi connectivity index (χ2n) is 6.04. The van der Waals surface area contributed by atoms with Gasteiger partial charge in [0.15, 0.2) is 0 Å². The van der Waals surface area contributed by atoms with Gasteiger partial charge in [0.1, 0.15) is 6.29 Å². The van der Waals surface area contributed by atoms with Crippen LogP contribution in [0.4, 0.5) is 0 Å². The van der Waals surface area contributed by atoms with Crippen molar-refractivity contribution in [2.24, 2.45) is 0 Å². The fourth-order valence-corrected chi connectivity index (χ4v) is 2.35. The van der Waals surface area contributed by atoms with Crippen LogP contribution in [0, 0.1) is 20.2 Å². The van der Waals surface area contributed by atoms with Crippen molar-refractivity contribution < 1.29 is 14.6 Å². The first kappa shape index (κ1) is 24.4. The maximum Gasteiger partial charge on any atom is 0.246 e. The number of hydrogen-bond acceptors (Lipinski definition) is 5. The van der Waals surface area contributed by atoms with Gasteiger partial charge in [-0.1, -0.05) is 44.1 Å². The van der Waals surface area contributed by atoms with Crippen LogP contribution in [0.1, 0.15) is 71.1 Å². The lowest BCUT2D eigenvalue weighted by Crippen LogP contribution is -1.97. The molecule has 7 heteroatoms. The number of rotatable bonds is 16. The average Bonchev–Trinajstić information content (AvgIpc) is 2.63. The molecule has 0 heterocycles. The molecule has 0 bridgehead atoms. The molecule has 0 aliphatic heterocycles. The first-order valence-corrected chi connectivity index (χ1v) is 9.43. The third-order valence-electron chi connectivity index (χ3n) is 3.91. The Morgan fingerprint density at radius 3 is 1.96 bits per heavy atom. The van der Waals surface area contributed by atoms with E-state index in [0.29, 0.717) is 32.1 Å². The molecule has 150 valence electrons. The van der Waals surface area contributed by atoms with E-state index >= 15 is 0 Å². The molecule has 0 rings (SSSR count). The first-order chi connectivity index (χ1) is 13.0. The van der Waals surface area contributed by atoms with Gasteiger partial charge in [0.2, 0.25) is 11.4 Å². The molecule has 0 atom stereocenters. The van der Waals surface area contributed by atoms with Gasteiger partial charge in [-0.25, -0.2) is 0 Å². The van der Waals surface area contributed by atoms with Crippen molar-refractivity contribution >= 4 is 6.29 Å². The number of hydrogen-bond donors (Lipinski definition) is 0. The van der Waals surface area contributed by atoms with Gasteiger partial charge in [-0.05, 0) is 44.3 Å². The Morgan fingerprint density at radius 1 is 0.778 bits per heavy atom. The SMILES string of the molecule is CC/C(=C/C/C=C/C/C=C/C/C(=C/CCCCCCC=O)[N+](=O)[O-])[N+](=O)[O-]. The summed E-state index contributed by atoms with van der Waals surface area (Å²) in [6.45, 7) is 1.75. The Hall–Kier alpha value is -2.57. The average molecular weight is 378 g/mol. The fraction of sp³-hybridized carbons (Fsp3) is 0.550. The van der Waals surface area contributed by atoms with Crippen LogP contribution < -0.4 is 0 Å². The Bertz CT molecular complexity index is 577.